The number of nitrogens with zero attached hydrogens (tertiary/aromatic N) is 1. The third-order valence-electron chi connectivity index (χ3n) is 3.12. The van der Waals surface area contributed by atoms with Gasteiger partial charge in [0.05, 0.1) is 10.6 Å². The molecule has 1 fully saturated rings. The van der Waals surface area contributed by atoms with E-state index in [2.05, 4.69) is 5.32 Å². The van der Waals surface area contributed by atoms with E-state index in [1.807, 2.05) is 0 Å². The minimum atomic E-state index is -0.0713. The van der Waals surface area contributed by atoms with Crippen molar-refractivity contribution >= 4 is 23.9 Å². The fraction of sp³-hybridized carbons (Fsp3) is 0.385. The molecule has 5 heteroatoms. The summed E-state index contributed by atoms with van der Waals surface area (Å²) < 4.78 is 0. The topological polar surface area (TPSA) is 49.4 Å². The predicted molar refractivity (Wildman–Crippen MR) is 69.6 cm³/mol. The number of piperidine rings is 1. The molecule has 0 aromatic heterocycles. The van der Waals surface area contributed by atoms with Crippen LogP contribution in [0.5, 0.6) is 0 Å². The van der Waals surface area contributed by atoms with Gasteiger partial charge < -0.3 is 10.2 Å². The number of rotatable bonds is 3. The number of hydrogen-bond acceptors (Lipinski definition) is 2. The quantitative estimate of drug-likeness (QED) is 0.847. The van der Waals surface area contributed by atoms with Crippen LogP contribution in [-0.4, -0.2) is 36.3 Å². The number of nitrogens with one attached hydrogen (secondary N) is 1. The number of likely N-dealkylation sites (tertiary alicyclic amines) is 1. The van der Waals surface area contributed by atoms with Gasteiger partial charge in [-0.15, -0.1) is 0 Å². The van der Waals surface area contributed by atoms with Gasteiger partial charge in [0.15, 0.2) is 0 Å². The molecule has 0 saturated carbocycles. The molecule has 1 atom stereocenters. The molecule has 2 amide bonds. The minimum absolute atomic E-state index is 0.0442. The Labute approximate surface area is 111 Å². The van der Waals surface area contributed by atoms with E-state index in [0.29, 0.717) is 30.1 Å². The summed E-state index contributed by atoms with van der Waals surface area (Å²) in [5.74, 6) is -0.0713. The Morgan fingerprint density at radius 3 is 2.94 bits per heavy atom. The van der Waals surface area contributed by atoms with Gasteiger partial charge in [0.25, 0.3) is 5.91 Å². The van der Waals surface area contributed by atoms with Gasteiger partial charge in [-0.05, 0) is 25.0 Å². The van der Waals surface area contributed by atoms with Crippen LogP contribution in [0.4, 0.5) is 0 Å². The zero-order valence-corrected chi connectivity index (χ0v) is 10.7. The Morgan fingerprint density at radius 2 is 2.22 bits per heavy atom. The molecule has 1 heterocycles. The third kappa shape index (κ3) is 2.82. The molecule has 0 spiro atoms. The predicted octanol–water partition coefficient (Wildman–Crippen LogP) is 1.69. The van der Waals surface area contributed by atoms with Crippen LogP contribution in [0.25, 0.3) is 0 Å². The van der Waals surface area contributed by atoms with Crippen molar-refractivity contribution in [3.8, 4) is 0 Å². The summed E-state index contributed by atoms with van der Waals surface area (Å²) in [6.07, 6.45) is 2.49. The zero-order chi connectivity index (χ0) is 13.0. The van der Waals surface area contributed by atoms with E-state index in [0.717, 1.165) is 12.8 Å². The van der Waals surface area contributed by atoms with Gasteiger partial charge >= 0.3 is 0 Å². The van der Waals surface area contributed by atoms with E-state index in [4.69, 9.17) is 11.6 Å². The third-order valence-corrected chi connectivity index (χ3v) is 3.45. The van der Waals surface area contributed by atoms with E-state index in [1.165, 1.54) is 0 Å². The molecule has 1 N–H and O–H groups in total. The highest BCUT2D eigenvalue weighted by molar-refractivity contribution is 6.33. The normalized spacial score (nSPS) is 19.4. The summed E-state index contributed by atoms with van der Waals surface area (Å²) in [7, 11) is 0. The van der Waals surface area contributed by atoms with Crippen LogP contribution in [0.2, 0.25) is 5.02 Å². The van der Waals surface area contributed by atoms with E-state index in [9.17, 15) is 9.59 Å². The Balaban J connectivity index is 2.09. The highest BCUT2D eigenvalue weighted by Crippen LogP contribution is 2.19. The Kier molecular flexibility index (Phi) is 4.20. The molecule has 0 radical (unpaired) electrons. The summed E-state index contributed by atoms with van der Waals surface area (Å²) in [6.45, 7) is 1.25. The fourth-order valence-electron chi connectivity index (χ4n) is 2.20. The Bertz CT molecular complexity index is 450. The van der Waals surface area contributed by atoms with Crippen LogP contribution in [0.1, 0.15) is 23.2 Å². The van der Waals surface area contributed by atoms with E-state index in [-0.39, 0.29) is 11.9 Å². The number of amides is 2. The second-order valence-electron chi connectivity index (χ2n) is 4.35. The van der Waals surface area contributed by atoms with Crippen molar-refractivity contribution in [2.24, 2.45) is 0 Å². The number of halogens is 1. The van der Waals surface area contributed by atoms with Crippen molar-refractivity contribution in [2.75, 3.05) is 13.1 Å². The molecule has 1 saturated heterocycles. The molecule has 18 heavy (non-hydrogen) atoms. The van der Waals surface area contributed by atoms with Crippen LogP contribution in [-0.2, 0) is 4.79 Å². The average molecular weight is 267 g/mol. The lowest BCUT2D eigenvalue weighted by Crippen LogP contribution is -2.47. The maximum Gasteiger partial charge on any atom is 0.255 e. The van der Waals surface area contributed by atoms with Gasteiger partial charge in [-0.2, -0.15) is 0 Å². The summed E-state index contributed by atoms with van der Waals surface area (Å²) in [6, 6.07) is 7.07. The lowest BCUT2D eigenvalue weighted by Gasteiger charge is -2.32. The molecule has 1 aliphatic heterocycles. The standard InChI is InChI=1S/C13H15ClN2O2/c14-12-6-2-1-5-11(12)13(18)16-7-3-4-10(8-16)15-9-17/h1-2,5-6,9-10H,3-4,7-8H2,(H,15,17). The molecular weight excluding hydrogens is 252 g/mol. The number of carbonyl (C=O) groups is 2. The van der Waals surface area contributed by atoms with Crippen LogP contribution < -0.4 is 5.32 Å². The maximum absolute atomic E-state index is 12.3. The first-order valence-electron chi connectivity index (χ1n) is 5.96. The summed E-state index contributed by atoms with van der Waals surface area (Å²) >= 11 is 6.02. The molecule has 1 aliphatic rings. The summed E-state index contributed by atoms with van der Waals surface area (Å²) in [4.78, 5) is 24.5. The number of carbonyl (C=O) groups excluding carboxylic acids is 2. The van der Waals surface area contributed by atoms with Gasteiger partial charge in [-0.1, -0.05) is 23.7 Å². The smallest absolute Gasteiger partial charge is 0.255 e. The van der Waals surface area contributed by atoms with Crippen molar-refractivity contribution < 1.29 is 9.59 Å². The first kappa shape index (κ1) is 12.9. The highest BCUT2D eigenvalue weighted by Gasteiger charge is 2.24. The van der Waals surface area contributed by atoms with E-state index < -0.39 is 0 Å². The second kappa shape index (κ2) is 5.87. The molecular formula is C13H15ClN2O2. The van der Waals surface area contributed by atoms with Gasteiger partial charge in [-0.25, -0.2) is 0 Å². The Morgan fingerprint density at radius 1 is 1.44 bits per heavy atom. The first-order chi connectivity index (χ1) is 8.72. The molecule has 4 nitrogen and oxygen atoms in total. The zero-order valence-electron chi connectivity index (χ0n) is 9.93. The van der Waals surface area contributed by atoms with Gasteiger partial charge in [0, 0.05) is 19.1 Å². The van der Waals surface area contributed by atoms with Crippen LogP contribution in [0, 0.1) is 0 Å². The molecule has 0 aliphatic carbocycles. The summed E-state index contributed by atoms with van der Waals surface area (Å²) in [5, 5.41) is 3.19. The molecule has 0 bridgehead atoms. The lowest BCUT2D eigenvalue weighted by molar-refractivity contribution is -0.110. The van der Waals surface area contributed by atoms with Crippen molar-refractivity contribution in [1.82, 2.24) is 10.2 Å². The SMILES string of the molecule is O=CNC1CCCN(C(=O)c2ccccc2Cl)C1. The summed E-state index contributed by atoms with van der Waals surface area (Å²) in [5.41, 5.74) is 0.519. The average Bonchev–Trinajstić information content (AvgIpc) is 2.39. The number of benzene rings is 1. The van der Waals surface area contributed by atoms with Crippen molar-refractivity contribution in [3.63, 3.8) is 0 Å². The monoisotopic (exact) mass is 266 g/mol. The van der Waals surface area contributed by atoms with E-state index >= 15 is 0 Å². The van der Waals surface area contributed by atoms with Crippen molar-refractivity contribution in [3.05, 3.63) is 34.9 Å². The van der Waals surface area contributed by atoms with E-state index in [1.54, 1.807) is 29.2 Å². The molecule has 96 valence electrons. The Hall–Kier alpha value is -1.55. The fourth-order valence-corrected chi connectivity index (χ4v) is 2.42. The van der Waals surface area contributed by atoms with Gasteiger partial charge in [0.2, 0.25) is 6.41 Å². The van der Waals surface area contributed by atoms with Gasteiger partial charge in [0.1, 0.15) is 0 Å². The molecule has 1 aromatic rings. The molecule has 1 aromatic carbocycles. The molecule has 1 unspecified atom stereocenters. The van der Waals surface area contributed by atoms with Crippen molar-refractivity contribution in [2.45, 2.75) is 18.9 Å². The minimum Gasteiger partial charge on any atom is -0.354 e. The largest absolute Gasteiger partial charge is 0.354 e. The van der Waals surface area contributed by atoms with Crippen molar-refractivity contribution in [1.29, 1.82) is 0 Å². The van der Waals surface area contributed by atoms with Gasteiger partial charge in [-0.3, -0.25) is 9.59 Å². The molecule has 2 rings (SSSR count). The highest BCUT2D eigenvalue weighted by atomic mass is 35.5. The van der Waals surface area contributed by atoms with Crippen LogP contribution in [0.15, 0.2) is 24.3 Å². The maximum atomic E-state index is 12.3. The first-order valence-corrected chi connectivity index (χ1v) is 6.33. The second-order valence-corrected chi connectivity index (χ2v) is 4.76. The van der Waals surface area contributed by atoms with Crippen LogP contribution in [0.3, 0.4) is 0 Å². The van der Waals surface area contributed by atoms with Crippen LogP contribution >= 0.6 is 11.6 Å². The number of hydrogen-bond donors (Lipinski definition) is 1. The lowest BCUT2D eigenvalue weighted by atomic mass is 10.0.